The minimum Gasteiger partial charge on any atom is -0.491 e. The van der Waals surface area contributed by atoms with Crippen molar-refractivity contribution in [2.24, 2.45) is 0 Å². The number of hydrogen-bond acceptors (Lipinski definition) is 5. The monoisotopic (exact) mass is 416 g/mol. The smallest absolute Gasteiger partial charge is 0.491 e. The number of alkyl halides is 3. The second-order valence-electron chi connectivity index (χ2n) is 5.91. The number of anilines is 1. The van der Waals surface area contributed by atoms with E-state index in [1.54, 1.807) is 7.05 Å². The lowest BCUT2D eigenvalue weighted by Gasteiger charge is -2.14. The second kappa shape index (κ2) is 7.23. The Morgan fingerprint density at radius 2 is 1.82 bits per heavy atom. The molecule has 11 heteroatoms. The van der Waals surface area contributed by atoms with Crippen LogP contribution in [0.25, 0.3) is 0 Å². The number of nitrogens with one attached hydrogen (secondary N) is 1. The maximum Gasteiger partial charge on any atom is 0.573 e. The highest BCUT2D eigenvalue weighted by molar-refractivity contribution is 7.92. The number of halogens is 3. The van der Waals surface area contributed by atoms with Crippen LogP contribution < -0.4 is 14.2 Å². The number of ether oxygens (including phenoxy) is 2. The van der Waals surface area contributed by atoms with Crippen molar-refractivity contribution in [3.63, 3.8) is 0 Å². The summed E-state index contributed by atoms with van der Waals surface area (Å²) in [4.78, 5) is 13.5. The summed E-state index contributed by atoms with van der Waals surface area (Å²) >= 11 is 0. The number of hydrogen-bond donors (Lipinski definition) is 1. The zero-order chi connectivity index (χ0) is 20.5. The van der Waals surface area contributed by atoms with Crippen molar-refractivity contribution in [2.75, 3.05) is 24.9 Å². The van der Waals surface area contributed by atoms with Crippen molar-refractivity contribution in [3.05, 3.63) is 48.0 Å². The largest absolute Gasteiger partial charge is 0.573 e. The third kappa shape index (κ3) is 4.47. The van der Waals surface area contributed by atoms with Gasteiger partial charge in [0.15, 0.2) is 0 Å². The van der Waals surface area contributed by atoms with Gasteiger partial charge in [-0.3, -0.25) is 9.52 Å². The highest BCUT2D eigenvalue weighted by atomic mass is 32.2. The van der Waals surface area contributed by atoms with E-state index >= 15 is 0 Å². The molecular weight excluding hydrogens is 401 g/mol. The van der Waals surface area contributed by atoms with Crippen LogP contribution in [0, 0.1) is 0 Å². The third-order valence-electron chi connectivity index (χ3n) is 3.86. The Balaban J connectivity index is 1.83. The fourth-order valence-corrected chi connectivity index (χ4v) is 3.57. The van der Waals surface area contributed by atoms with Gasteiger partial charge >= 0.3 is 6.36 Å². The second-order valence-corrected chi connectivity index (χ2v) is 7.59. The summed E-state index contributed by atoms with van der Waals surface area (Å²) < 4.78 is 73.0. The fraction of sp³-hybridized carbons (Fsp3) is 0.235. The van der Waals surface area contributed by atoms with Gasteiger partial charge in [0, 0.05) is 12.7 Å². The molecule has 0 radical (unpaired) electrons. The van der Waals surface area contributed by atoms with E-state index in [0.717, 1.165) is 24.3 Å². The Morgan fingerprint density at radius 3 is 2.46 bits per heavy atom. The predicted octanol–water partition coefficient (Wildman–Crippen LogP) is 2.85. The van der Waals surface area contributed by atoms with Gasteiger partial charge in [0.2, 0.25) is 0 Å². The number of carbonyl (C=O) groups excluding carboxylic acids is 1. The lowest BCUT2D eigenvalue weighted by molar-refractivity contribution is -0.274. The number of likely N-dealkylation sites (N-methyl/N-ethyl adjacent to an activating group) is 1. The molecule has 0 saturated carbocycles. The zero-order valence-electron chi connectivity index (χ0n) is 14.5. The lowest BCUT2D eigenvalue weighted by Crippen LogP contribution is -2.27. The first-order valence-corrected chi connectivity index (χ1v) is 9.44. The molecular formula is C17H15F3N2O5S. The first-order valence-electron chi connectivity index (χ1n) is 7.96. The first-order chi connectivity index (χ1) is 13.0. The van der Waals surface area contributed by atoms with Gasteiger partial charge in [-0.2, -0.15) is 0 Å². The highest BCUT2D eigenvalue weighted by Gasteiger charge is 2.31. The summed E-state index contributed by atoms with van der Waals surface area (Å²) in [5.74, 6) is -0.518. The predicted molar refractivity (Wildman–Crippen MR) is 92.8 cm³/mol. The van der Waals surface area contributed by atoms with E-state index in [1.165, 1.54) is 23.1 Å². The number of carbonyl (C=O) groups is 1. The Morgan fingerprint density at radius 1 is 1.14 bits per heavy atom. The molecule has 0 fully saturated rings. The van der Waals surface area contributed by atoms with Gasteiger partial charge in [-0.05, 0) is 42.5 Å². The molecule has 28 heavy (non-hydrogen) atoms. The Bertz CT molecular complexity index is 991. The lowest BCUT2D eigenvalue weighted by atomic mass is 10.1. The van der Waals surface area contributed by atoms with Gasteiger partial charge in [0.05, 0.1) is 17.0 Å². The van der Waals surface area contributed by atoms with Crippen LogP contribution in [0.5, 0.6) is 11.5 Å². The maximum absolute atomic E-state index is 12.5. The molecule has 2 aromatic rings. The summed E-state index contributed by atoms with van der Waals surface area (Å²) in [6, 6.07) is 8.00. The highest BCUT2D eigenvalue weighted by Crippen LogP contribution is 2.28. The Kier molecular flexibility index (Phi) is 5.11. The average Bonchev–Trinajstić information content (AvgIpc) is 2.73. The van der Waals surface area contributed by atoms with Crippen molar-refractivity contribution in [1.29, 1.82) is 0 Å². The van der Waals surface area contributed by atoms with Gasteiger partial charge < -0.3 is 14.4 Å². The molecule has 2 aromatic carbocycles. The SMILES string of the molecule is CN1CCOc2ccc(NS(=O)(=O)c3ccc(OC(F)(F)F)cc3)cc2C1=O. The molecule has 1 heterocycles. The number of nitrogens with zero attached hydrogens (tertiary/aromatic N) is 1. The van der Waals surface area contributed by atoms with Crippen molar-refractivity contribution in [2.45, 2.75) is 11.3 Å². The van der Waals surface area contributed by atoms with E-state index in [9.17, 15) is 26.4 Å². The van der Waals surface area contributed by atoms with Crippen LogP contribution in [0.15, 0.2) is 47.4 Å². The average molecular weight is 416 g/mol. The van der Waals surface area contributed by atoms with Gasteiger partial charge in [0.1, 0.15) is 18.1 Å². The number of sulfonamides is 1. The molecule has 0 bridgehead atoms. The van der Waals surface area contributed by atoms with Crippen molar-refractivity contribution in [1.82, 2.24) is 4.90 Å². The molecule has 0 atom stereocenters. The molecule has 1 amide bonds. The molecule has 0 saturated heterocycles. The van der Waals surface area contributed by atoms with Crippen molar-refractivity contribution in [3.8, 4) is 11.5 Å². The van der Waals surface area contributed by atoms with Crippen molar-refractivity contribution >= 4 is 21.6 Å². The first kappa shape index (κ1) is 19.8. The summed E-state index contributed by atoms with van der Waals surface area (Å²) in [6.45, 7) is 0.702. The molecule has 0 aromatic heterocycles. The standard InChI is InChI=1S/C17H15F3N2O5S/c1-22-8-9-26-15-7-2-11(10-14(15)16(22)23)21-28(24,25)13-5-3-12(4-6-13)27-17(18,19)20/h2-7,10,21H,8-9H2,1H3. The summed E-state index contributed by atoms with van der Waals surface area (Å²) in [7, 11) is -2.49. The van der Waals surface area contributed by atoms with E-state index in [1.807, 2.05) is 0 Å². The quantitative estimate of drug-likeness (QED) is 0.829. The van der Waals surface area contributed by atoms with E-state index < -0.39 is 22.1 Å². The minimum absolute atomic E-state index is 0.113. The van der Waals surface area contributed by atoms with E-state index in [-0.39, 0.29) is 22.1 Å². The fourth-order valence-electron chi connectivity index (χ4n) is 2.52. The molecule has 1 aliphatic heterocycles. The number of fused-ring (bicyclic) bond motifs is 1. The van der Waals surface area contributed by atoms with Crippen LogP contribution >= 0.6 is 0 Å². The van der Waals surface area contributed by atoms with Crippen LogP contribution in [0.4, 0.5) is 18.9 Å². The zero-order valence-corrected chi connectivity index (χ0v) is 15.3. The number of benzene rings is 2. The Labute approximate surface area is 158 Å². The molecule has 0 spiro atoms. The summed E-state index contributed by atoms with van der Waals surface area (Å²) in [5, 5.41) is 0. The summed E-state index contributed by atoms with van der Waals surface area (Å²) in [6.07, 6.45) is -4.87. The molecule has 0 aliphatic carbocycles. The van der Waals surface area contributed by atoms with Crippen LogP contribution in [-0.4, -0.2) is 45.8 Å². The van der Waals surface area contributed by atoms with E-state index in [2.05, 4.69) is 9.46 Å². The topological polar surface area (TPSA) is 84.9 Å². The molecule has 1 aliphatic rings. The Hall–Kier alpha value is -2.95. The van der Waals surface area contributed by atoms with E-state index in [4.69, 9.17) is 4.74 Å². The number of amides is 1. The molecule has 0 unspecified atom stereocenters. The van der Waals surface area contributed by atoms with Crippen LogP contribution in [-0.2, 0) is 10.0 Å². The van der Waals surface area contributed by atoms with Gasteiger partial charge in [-0.1, -0.05) is 0 Å². The normalized spacial score (nSPS) is 14.7. The minimum atomic E-state index is -4.87. The molecule has 150 valence electrons. The third-order valence-corrected chi connectivity index (χ3v) is 5.26. The van der Waals surface area contributed by atoms with Gasteiger partial charge in [-0.25, -0.2) is 8.42 Å². The van der Waals surface area contributed by atoms with Crippen molar-refractivity contribution < 1.29 is 35.9 Å². The molecule has 3 rings (SSSR count). The van der Waals surface area contributed by atoms with Gasteiger partial charge in [0.25, 0.3) is 15.9 Å². The van der Waals surface area contributed by atoms with E-state index in [0.29, 0.717) is 18.9 Å². The van der Waals surface area contributed by atoms with Crippen LogP contribution in [0.3, 0.4) is 0 Å². The van der Waals surface area contributed by atoms with Crippen LogP contribution in [0.1, 0.15) is 10.4 Å². The molecule has 1 N–H and O–H groups in total. The van der Waals surface area contributed by atoms with Gasteiger partial charge in [-0.15, -0.1) is 13.2 Å². The summed E-state index contributed by atoms with van der Waals surface area (Å²) in [5.41, 5.74) is 0.316. The number of rotatable bonds is 4. The molecule has 7 nitrogen and oxygen atoms in total. The van der Waals surface area contributed by atoms with Crippen LogP contribution in [0.2, 0.25) is 0 Å². The maximum atomic E-state index is 12.5.